The van der Waals surface area contributed by atoms with Crippen LogP contribution < -0.4 is 0 Å². The molecule has 0 fully saturated rings. The highest BCUT2D eigenvalue weighted by atomic mass is 35.5. The number of hydrogen-bond donors (Lipinski definition) is 0. The maximum atomic E-state index is 5.54. The monoisotopic (exact) mass is 203 g/mol. The second kappa shape index (κ2) is 8.01. The summed E-state index contributed by atoms with van der Waals surface area (Å²) in [6.45, 7) is 0. The minimum atomic E-state index is 0.794. The number of rotatable bonds is 2. The Morgan fingerprint density at radius 2 is 1.54 bits per heavy atom. The molecule has 1 aromatic rings. The van der Waals surface area contributed by atoms with Crippen LogP contribution in [0, 0.1) is 0 Å². The molecule has 1 aromatic carbocycles. The molecule has 1 rings (SSSR count). The fourth-order valence-corrected chi connectivity index (χ4v) is 0.635. The van der Waals surface area contributed by atoms with Gasteiger partial charge in [0.25, 0.3) is 0 Å². The molecular formula is C9H14ClNO2. The van der Waals surface area contributed by atoms with Crippen molar-refractivity contribution < 1.29 is 9.68 Å². The van der Waals surface area contributed by atoms with Gasteiger partial charge in [-0.3, -0.25) is 9.68 Å². The fraction of sp³-hybridized carbons (Fsp3) is 0.333. The number of nitrogens with zero attached hydrogens (tertiary/aromatic N) is 1. The Morgan fingerprint density at radius 3 is 1.69 bits per heavy atom. The quantitative estimate of drug-likeness (QED) is 0.689. The molecule has 0 aromatic heterocycles. The van der Waals surface area contributed by atoms with Gasteiger partial charge in [-0.2, -0.15) is 0 Å². The number of benzene rings is 1. The van der Waals surface area contributed by atoms with Crippen molar-refractivity contribution in [2.75, 3.05) is 21.3 Å². The van der Waals surface area contributed by atoms with Crippen molar-refractivity contribution in [1.82, 2.24) is 5.23 Å². The Morgan fingerprint density at radius 1 is 1.08 bits per heavy atom. The van der Waals surface area contributed by atoms with Gasteiger partial charge in [0.05, 0.1) is 14.2 Å². The second-order valence-electron chi connectivity index (χ2n) is 2.10. The first-order valence-electron chi connectivity index (χ1n) is 3.73. The third-order valence-corrected chi connectivity index (χ3v) is 1.50. The molecule has 0 saturated heterocycles. The van der Waals surface area contributed by atoms with Crippen LogP contribution in [0.2, 0.25) is 5.02 Å². The van der Waals surface area contributed by atoms with Gasteiger partial charge in [0.2, 0.25) is 0 Å². The summed E-state index contributed by atoms with van der Waals surface area (Å²) in [5.41, 5.74) is 0. The molecule has 0 amide bonds. The Hall–Kier alpha value is -0.610. The molecule has 0 saturated carbocycles. The second-order valence-corrected chi connectivity index (χ2v) is 2.54. The van der Waals surface area contributed by atoms with Crippen LogP contribution in [0.5, 0.6) is 0 Å². The predicted octanol–water partition coefficient (Wildman–Crippen LogP) is 2.38. The van der Waals surface area contributed by atoms with E-state index in [1.165, 1.54) is 19.4 Å². The molecule has 0 aliphatic rings. The third-order valence-electron chi connectivity index (χ3n) is 1.25. The van der Waals surface area contributed by atoms with E-state index in [0.717, 1.165) is 5.02 Å². The Bertz CT molecular complexity index is 202. The molecule has 0 bridgehead atoms. The van der Waals surface area contributed by atoms with E-state index in [9.17, 15) is 0 Å². The first-order valence-corrected chi connectivity index (χ1v) is 4.11. The zero-order chi connectivity index (χ0) is 10.1. The van der Waals surface area contributed by atoms with Gasteiger partial charge in [-0.15, -0.1) is 0 Å². The molecule has 0 radical (unpaired) electrons. The maximum Gasteiger partial charge on any atom is 0.0601 e. The first-order chi connectivity index (χ1) is 6.20. The molecule has 4 heteroatoms. The Labute approximate surface area is 83.7 Å². The number of halogens is 1. The highest BCUT2D eigenvalue weighted by Gasteiger charge is 1.81. The normalized spacial score (nSPS) is 9.31. The minimum Gasteiger partial charge on any atom is -0.278 e. The van der Waals surface area contributed by atoms with Crippen molar-refractivity contribution in [3.05, 3.63) is 35.4 Å². The van der Waals surface area contributed by atoms with E-state index >= 15 is 0 Å². The fourth-order valence-electron chi connectivity index (χ4n) is 0.489. The highest BCUT2D eigenvalue weighted by molar-refractivity contribution is 6.30. The van der Waals surface area contributed by atoms with Gasteiger partial charge in [-0.1, -0.05) is 35.0 Å². The molecule has 13 heavy (non-hydrogen) atoms. The van der Waals surface area contributed by atoms with Crippen molar-refractivity contribution in [1.29, 1.82) is 0 Å². The first kappa shape index (κ1) is 12.4. The van der Waals surface area contributed by atoms with Crippen LogP contribution in [-0.2, 0) is 9.68 Å². The number of hydrogen-bond acceptors (Lipinski definition) is 3. The van der Waals surface area contributed by atoms with Crippen LogP contribution in [-0.4, -0.2) is 26.5 Å². The third kappa shape index (κ3) is 7.74. The van der Waals surface area contributed by atoms with E-state index in [0.29, 0.717) is 0 Å². The van der Waals surface area contributed by atoms with Crippen LogP contribution >= 0.6 is 11.6 Å². The van der Waals surface area contributed by atoms with Gasteiger partial charge in [0.1, 0.15) is 0 Å². The van der Waals surface area contributed by atoms with Crippen molar-refractivity contribution in [3.63, 3.8) is 0 Å². The van der Waals surface area contributed by atoms with E-state index < -0.39 is 0 Å². The lowest BCUT2D eigenvalue weighted by Gasteiger charge is -2.06. The summed E-state index contributed by atoms with van der Waals surface area (Å²) in [6, 6.07) is 9.44. The van der Waals surface area contributed by atoms with Crippen LogP contribution in [0.3, 0.4) is 0 Å². The Balaban J connectivity index is 0.000000226. The van der Waals surface area contributed by atoms with Crippen LogP contribution in [0.1, 0.15) is 0 Å². The van der Waals surface area contributed by atoms with E-state index in [1.807, 2.05) is 30.3 Å². The average Bonchev–Trinajstić information content (AvgIpc) is 2.19. The summed E-state index contributed by atoms with van der Waals surface area (Å²) in [4.78, 5) is 9.02. The van der Waals surface area contributed by atoms with Gasteiger partial charge >= 0.3 is 0 Å². The molecule has 0 aliphatic heterocycles. The van der Waals surface area contributed by atoms with Crippen molar-refractivity contribution >= 4 is 11.6 Å². The summed E-state index contributed by atoms with van der Waals surface area (Å²) in [6.07, 6.45) is 0. The molecule has 0 N–H and O–H groups in total. The molecule has 0 aliphatic carbocycles. The van der Waals surface area contributed by atoms with Gasteiger partial charge in [-0.25, -0.2) is 0 Å². The SMILES string of the molecule is CON(C)OC.Clc1ccccc1. The van der Waals surface area contributed by atoms with E-state index in [-0.39, 0.29) is 0 Å². The maximum absolute atomic E-state index is 5.54. The summed E-state index contributed by atoms with van der Waals surface area (Å²) in [5, 5.41) is 2.04. The van der Waals surface area contributed by atoms with Crippen LogP contribution in [0.15, 0.2) is 30.3 Å². The smallest absolute Gasteiger partial charge is 0.0601 e. The minimum absolute atomic E-state index is 0.794. The molecule has 0 unspecified atom stereocenters. The van der Waals surface area contributed by atoms with Crippen LogP contribution in [0.4, 0.5) is 0 Å². The predicted molar refractivity (Wildman–Crippen MR) is 53.2 cm³/mol. The van der Waals surface area contributed by atoms with E-state index in [1.54, 1.807) is 7.05 Å². The largest absolute Gasteiger partial charge is 0.278 e. The average molecular weight is 204 g/mol. The van der Waals surface area contributed by atoms with E-state index in [4.69, 9.17) is 11.6 Å². The number of hydroxylamine groups is 2. The lowest BCUT2D eigenvalue weighted by atomic mass is 10.4. The summed E-state index contributed by atoms with van der Waals surface area (Å²) in [7, 11) is 4.73. The molecule has 74 valence electrons. The van der Waals surface area contributed by atoms with Gasteiger partial charge in [-0.05, 0) is 12.1 Å². The molecule has 3 nitrogen and oxygen atoms in total. The summed E-state index contributed by atoms with van der Waals surface area (Å²) < 4.78 is 0. The van der Waals surface area contributed by atoms with Crippen LogP contribution in [0.25, 0.3) is 0 Å². The van der Waals surface area contributed by atoms with Crippen molar-refractivity contribution in [3.8, 4) is 0 Å². The summed E-state index contributed by atoms with van der Waals surface area (Å²) >= 11 is 5.54. The Kier molecular flexibility index (Phi) is 7.63. The lowest BCUT2D eigenvalue weighted by Crippen LogP contribution is -2.13. The van der Waals surface area contributed by atoms with Gasteiger partial charge < -0.3 is 0 Å². The summed E-state index contributed by atoms with van der Waals surface area (Å²) in [5.74, 6) is 0. The highest BCUT2D eigenvalue weighted by Crippen LogP contribution is 2.03. The standard InChI is InChI=1S/C6H5Cl.C3H9NO2/c7-6-4-2-1-3-5-6;1-4(5-2)6-3/h1-5H;1-3H3. The zero-order valence-electron chi connectivity index (χ0n) is 8.03. The van der Waals surface area contributed by atoms with Crippen molar-refractivity contribution in [2.24, 2.45) is 0 Å². The van der Waals surface area contributed by atoms with Gasteiger partial charge in [0, 0.05) is 12.1 Å². The molecule has 0 atom stereocenters. The molecular weight excluding hydrogens is 190 g/mol. The van der Waals surface area contributed by atoms with Gasteiger partial charge in [0.15, 0.2) is 0 Å². The lowest BCUT2D eigenvalue weighted by molar-refractivity contribution is -0.325. The van der Waals surface area contributed by atoms with E-state index in [2.05, 4.69) is 9.68 Å². The van der Waals surface area contributed by atoms with Crippen molar-refractivity contribution in [2.45, 2.75) is 0 Å². The topological polar surface area (TPSA) is 21.7 Å². The zero-order valence-corrected chi connectivity index (χ0v) is 8.78. The molecule has 0 spiro atoms. The molecule has 0 heterocycles.